The van der Waals surface area contributed by atoms with Crippen LogP contribution in [0.1, 0.15) is 6.92 Å². The predicted molar refractivity (Wildman–Crippen MR) is 126 cm³/mol. The van der Waals surface area contributed by atoms with Crippen LogP contribution in [0.15, 0.2) is 61.2 Å². The third-order valence-electron chi connectivity index (χ3n) is 6.22. The van der Waals surface area contributed by atoms with Crippen LogP contribution in [-0.4, -0.2) is 45.5 Å². The van der Waals surface area contributed by atoms with E-state index in [0.29, 0.717) is 30.4 Å². The molecule has 1 saturated heterocycles. The van der Waals surface area contributed by atoms with Crippen molar-refractivity contribution in [3.05, 3.63) is 81.4 Å². The summed E-state index contributed by atoms with van der Waals surface area (Å²) < 4.78 is 0. The Hall–Kier alpha value is -4.34. The first-order valence-electron chi connectivity index (χ1n) is 10.5. The van der Waals surface area contributed by atoms with Crippen molar-refractivity contribution in [3.8, 4) is 0 Å². The lowest BCUT2D eigenvalue weighted by Gasteiger charge is -2.43. The zero-order valence-electron chi connectivity index (χ0n) is 17.8. The molecule has 10 heteroatoms. The molecule has 5 rings (SSSR count). The third-order valence-corrected chi connectivity index (χ3v) is 6.22. The standard InChI is InChI=1S/C23H20N6O4/c1-15-14-26(20-2-4-22(28(30)31)18-12-24-8-6-16(18)20)10-11-27(15)21-3-5-23(29(32)33)19-13-25-9-7-17(19)21/h2-9,12-13,15H,10-11,14H2,1H3/t15-/m0/s1. The molecular formula is C23H20N6O4. The Kier molecular flexibility index (Phi) is 4.97. The van der Waals surface area contributed by atoms with E-state index >= 15 is 0 Å². The lowest BCUT2D eigenvalue weighted by molar-refractivity contribution is -0.383. The zero-order valence-corrected chi connectivity index (χ0v) is 17.8. The van der Waals surface area contributed by atoms with Crippen LogP contribution < -0.4 is 9.80 Å². The molecule has 1 aliphatic heterocycles. The Balaban J connectivity index is 1.49. The molecule has 10 nitrogen and oxygen atoms in total. The number of benzene rings is 2. The highest BCUT2D eigenvalue weighted by Gasteiger charge is 2.28. The van der Waals surface area contributed by atoms with Gasteiger partial charge in [0.1, 0.15) is 0 Å². The van der Waals surface area contributed by atoms with Gasteiger partial charge in [-0.1, -0.05) is 0 Å². The van der Waals surface area contributed by atoms with Crippen LogP contribution in [-0.2, 0) is 0 Å². The first kappa shape index (κ1) is 20.6. The van der Waals surface area contributed by atoms with Gasteiger partial charge in [-0.25, -0.2) is 0 Å². The van der Waals surface area contributed by atoms with Gasteiger partial charge in [0.25, 0.3) is 11.4 Å². The number of nitro groups is 2. The van der Waals surface area contributed by atoms with E-state index in [-0.39, 0.29) is 27.3 Å². The van der Waals surface area contributed by atoms with Crippen LogP contribution in [0.4, 0.5) is 22.7 Å². The van der Waals surface area contributed by atoms with E-state index in [1.165, 1.54) is 24.5 Å². The summed E-state index contributed by atoms with van der Waals surface area (Å²) in [5.74, 6) is 0. The lowest BCUT2D eigenvalue weighted by Crippen LogP contribution is -2.52. The number of non-ortho nitro benzene ring substituents is 2. The van der Waals surface area contributed by atoms with Crippen LogP contribution in [0, 0.1) is 20.2 Å². The molecule has 0 bridgehead atoms. The van der Waals surface area contributed by atoms with Gasteiger partial charge in [-0.3, -0.25) is 30.2 Å². The maximum Gasteiger partial charge on any atom is 0.278 e. The second-order valence-electron chi connectivity index (χ2n) is 8.05. The number of anilines is 2. The minimum absolute atomic E-state index is 0.0408. The summed E-state index contributed by atoms with van der Waals surface area (Å²) >= 11 is 0. The summed E-state index contributed by atoms with van der Waals surface area (Å²) in [6.07, 6.45) is 6.36. The summed E-state index contributed by atoms with van der Waals surface area (Å²) in [5.41, 5.74) is 1.95. The van der Waals surface area contributed by atoms with Crippen molar-refractivity contribution in [1.29, 1.82) is 0 Å². The number of pyridine rings is 2. The molecule has 0 radical (unpaired) electrons. The number of hydrogen-bond donors (Lipinski definition) is 0. The third kappa shape index (κ3) is 3.45. The van der Waals surface area contributed by atoms with Gasteiger partial charge in [-0.2, -0.15) is 0 Å². The molecule has 0 aliphatic carbocycles. The molecule has 0 amide bonds. The van der Waals surface area contributed by atoms with E-state index in [1.54, 1.807) is 24.5 Å². The largest absolute Gasteiger partial charge is 0.367 e. The molecule has 1 atom stereocenters. The first-order chi connectivity index (χ1) is 16.0. The topological polar surface area (TPSA) is 119 Å². The summed E-state index contributed by atoms with van der Waals surface area (Å²) in [4.78, 5) is 34.7. The van der Waals surface area contributed by atoms with Crippen LogP contribution in [0.25, 0.3) is 21.5 Å². The molecule has 166 valence electrons. The fourth-order valence-electron chi connectivity index (χ4n) is 4.70. The maximum absolute atomic E-state index is 11.5. The highest BCUT2D eigenvalue weighted by molar-refractivity contribution is 6.01. The van der Waals surface area contributed by atoms with Crippen molar-refractivity contribution in [2.75, 3.05) is 29.4 Å². The Morgan fingerprint density at radius 1 is 0.788 bits per heavy atom. The molecule has 2 aromatic heterocycles. The Morgan fingerprint density at radius 3 is 1.88 bits per heavy atom. The van der Waals surface area contributed by atoms with Crippen LogP contribution >= 0.6 is 0 Å². The van der Waals surface area contributed by atoms with Crippen molar-refractivity contribution >= 4 is 44.3 Å². The highest BCUT2D eigenvalue weighted by Crippen LogP contribution is 2.37. The highest BCUT2D eigenvalue weighted by atomic mass is 16.6. The summed E-state index contributed by atoms with van der Waals surface area (Å²) in [6, 6.07) is 10.4. The first-order valence-corrected chi connectivity index (χ1v) is 10.5. The van der Waals surface area contributed by atoms with Crippen LogP contribution in [0.5, 0.6) is 0 Å². The average molecular weight is 444 g/mol. The van der Waals surface area contributed by atoms with Gasteiger partial charge < -0.3 is 9.80 Å². The second-order valence-corrected chi connectivity index (χ2v) is 8.05. The van der Waals surface area contributed by atoms with Gasteiger partial charge in [0.2, 0.25) is 0 Å². The molecule has 0 unspecified atom stereocenters. The van der Waals surface area contributed by atoms with Crippen molar-refractivity contribution < 1.29 is 9.85 Å². The zero-order chi connectivity index (χ0) is 23.1. The molecule has 4 aromatic rings. The Labute approximate surface area is 188 Å². The molecule has 1 fully saturated rings. The molecule has 0 spiro atoms. The average Bonchev–Trinajstić information content (AvgIpc) is 2.82. The monoisotopic (exact) mass is 444 g/mol. The number of fused-ring (bicyclic) bond motifs is 2. The smallest absolute Gasteiger partial charge is 0.278 e. The van der Waals surface area contributed by atoms with E-state index in [4.69, 9.17) is 0 Å². The number of nitro benzene ring substituents is 2. The number of piperazine rings is 1. The van der Waals surface area contributed by atoms with E-state index in [1.807, 2.05) is 12.1 Å². The lowest BCUT2D eigenvalue weighted by atomic mass is 10.0. The van der Waals surface area contributed by atoms with Crippen molar-refractivity contribution in [2.45, 2.75) is 13.0 Å². The number of rotatable bonds is 4. The maximum atomic E-state index is 11.5. The van der Waals surface area contributed by atoms with Crippen molar-refractivity contribution in [2.24, 2.45) is 0 Å². The second kappa shape index (κ2) is 7.97. The number of aromatic nitrogens is 2. The number of nitrogens with zero attached hydrogens (tertiary/aromatic N) is 6. The molecule has 2 aromatic carbocycles. The van der Waals surface area contributed by atoms with E-state index in [2.05, 4.69) is 26.7 Å². The molecule has 33 heavy (non-hydrogen) atoms. The molecule has 3 heterocycles. The Morgan fingerprint density at radius 2 is 1.33 bits per heavy atom. The van der Waals surface area contributed by atoms with Gasteiger partial charge in [0.05, 0.1) is 20.6 Å². The minimum Gasteiger partial charge on any atom is -0.367 e. The summed E-state index contributed by atoms with van der Waals surface area (Å²) in [7, 11) is 0. The summed E-state index contributed by atoms with van der Waals surface area (Å²) in [6.45, 7) is 4.19. The summed E-state index contributed by atoms with van der Waals surface area (Å²) in [5, 5.41) is 25.5. The molecule has 0 N–H and O–H groups in total. The van der Waals surface area contributed by atoms with Gasteiger partial charge in [0, 0.05) is 84.7 Å². The molecule has 1 aliphatic rings. The quantitative estimate of drug-likeness (QED) is 0.337. The van der Waals surface area contributed by atoms with E-state index in [0.717, 1.165) is 22.1 Å². The van der Waals surface area contributed by atoms with Gasteiger partial charge >= 0.3 is 0 Å². The van der Waals surface area contributed by atoms with E-state index in [9.17, 15) is 20.2 Å². The van der Waals surface area contributed by atoms with Gasteiger partial charge in [0.15, 0.2) is 0 Å². The number of hydrogen-bond acceptors (Lipinski definition) is 8. The Bertz CT molecular complexity index is 1410. The van der Waals surface area contributed by atoms with Gasteiger partial charge in [-0.15, -0.1) is 0 Å². The fraction of sp³-hybridized carbons (Fsp3) is 0.217. The normalized spacial score (nSPS) is 16.3. The van der Waals surface area contributed by atoms with Crippen molar-refractivity contribution in [1.82, 2.24) is 9.97 Å². The van der Waals surface area contributed by atoms with Crippen LogP contribution in [0.3, 0.4) is 0 Å². The molecule has 0 saturated carbocycles. The predicted octanol–water partition coefficient (Wildman–Crippen LogP) is 4.31. The van der Waals surface area contributed by atoms with Crippen LogP contribution in [0.2, 0.25) is 0 Å². The fourth-order valence-corrected chi connectivity index (χ4v) is 4.70. The van der Waals surface area contributed by atoms with E-state index < -0.39 is 0 Å². The minimum atomic E-state index is -0.386. The SMILES string of the molecule is C[C@H]1CN(c2ccc([N+](=O)[O-])c3cnccc23)CCN1c1ccc([N+](=O)[O-])c2cnccc12. The van der Waals surface area contributed by atoms with Crippen molar-refractivity contribution in [3.63, 3.8) is 0 Å². The van der Waals surface area contributed by atoms with Gasteiger partial charge in [-0.05, 0) is 31.2 Å². The molecular weight excluding hydrogens is 424 g/mol.